The molecule has 1 saturated heterocycles. The molecule has 4 heterocycles. The van der Waals surface area contributed by atoms with Crippen LogP contribution < -0.4 is 5.32 Å². The first kappa shape index (κ1) is 22.4. The SMILES string of the molecule is Cc1cccnc1NC(=O)C1CCN(S(=O)(=O)c2c(C)noc2/C=C/c2cccs2)CC1. The van der Waals surface area contributed by atoms with Crippen molar-refractivity contribution in [3.63, 3.8) is 0 Å². The highest BCUT2D eigenvalue weighted by molar-refractivity contribution is 7.89. The normalized spacial score (nSPS) is 15.9. The van der Waals surface area contributed by atoms with Gasteiger partial charge in [-0.25, -0.2) is 13.4 Å². The molecular weight excluding hydrogens is 448 g/mol. The summed E-state index contributed by atoms with van der Waals surface area (Å²) in [4.78, 5) is 17.9. The highest BCUT2D eigenvalue weighted by Crippen LogP contribution is 2.30. The summed E-state index contributed by atoms with van der Waals surface area (Å²) in [5, 5.41) is 8.68. The Morgan fingerprint density at radius 3 is 2.69 bits per heavy atom. The number of anilines is 1. The van der Waals surface area contributed by atoms with E-state index in [4.69, 9.17) is 4.52 Å². The maximum Gasteiger partial charge on any atom is 0.248 e. The summed E-state index contributed by atoms with van der Waals surface area (Å²) in [5.41, 5.74) is 1.20. The van der Waals surface area contributed by atoms with E-state index >= 15 is 0 Å². The highest BCUT2D eigenvalue weighted by Gasteiger charge is 2.36. The second-order valence-electron chi connectivity index (χ2n) is 7.65. The Labute approximate surface area is 191 Å². The maximum absolute atomic E-state index is 13.3. The molecule has 10 heteroatoms. The zero-order chi connectivity index (χ0) is 22.7. The molecule has 8 nitrogen and oxygen atoms in total. The number of aromatic nitrogens is 2. The Morgan fingerprint density at radius 1 is 1.22 bits per heavy atom. The van der Waals surface area contributed by atoms with Gasteiger partial charge in [-0.3, -0.25) is 4.79 Å². The molecule has 0 radical (unpaired) electrons. The van der Waals surface area contributed by atoms with Gasteiger partial charge in [0.05, 0.1) is 0 Å². The first-order chi connectivity index (χ1) is 15.4. The fourth-order valence-electron chi connectivity index (χ4n) is 3.67. The number of amides is 1. The van der Waals surface area contributed by atoms with E-state index in [2.05, 4.69) is 15.5 Å². The minimum atomic E-state index is -3.80. The van der Waals surface area contributed by atoms with Crippen molar-refractivity contribution in [2.24, 2.45) is 5.92 Å². The molecule has 3 aromatic rings. The Hall–Kier alpha value is -2.82. The highest BCUT2D eigenvalue weighted by atomic mass is 32.2. The lowest BCUT2D eigenvalue weighted by molar-refractivity contribution is -0.120. The van der Waals surface area contributed by atoms with Crippen molar-refractivity contribution in [3.05, 3.63) is 57.7 Å². The standard InChI is InChI=1S/C22H24N4O4S2/c1-15-5-3-11-23-21(15)24-22(27)17-9-12-26(13-10-17)32(28,29)20-16(2)25-30-19(20)8-7-18-6-4-14-31-18/h3-8,11,14,17H,9-10,12-13H2,1-2H3,(H,23,24,27)/b8-7+. The molecule has 0 saturated carbocycles. The number of nitrogens with zero attached hydrogens (tertiary/aromatic N) is 3. The summed E-state index contributed by atoms with van der Waals surface area (Å²) in [6.45, 7) is 4.00. The maximum atomic E-state index is 13.3. The Kier molecular flexibility index (Phi) is 6.54. The number of rotatable bonds is 6. The Balaban J connectivity index is 1.45. The second kappa shape index (κ2) is 9.35. The molecule has 1 aliphatic rings. The zero-order valence-corrected chi connectivity index (χ0v) is 19.4. The summed E-state index contributed by atoms with van der Waals surface area (Å²) in [6.07, 6.45) is 5.93. The monoisotopic (exact) mass is 472 g/mol. The molecule has 0 aliphatic carbocycles. The van der Waals surface area contributed by atoms with Crippen LogP contribution in [0.1, 0.15) is 34.7 Å². The van der Waals surface area contributed by atoms with Gasteiger partial charge in [-0.2, -0.15) is 4.31 Å². The van der Waals surface area contributed by atoms with E-state index in [-0.39, 0.29) is 35.6 Å². The molecule has 1 N–H and O–H groups in total. The molecule has 1 fully saturated rings. The number of thiophene rings is 1. The minimum absolute atomic E-state index is 0.0809. The largest absolute Gasteiger partial charge is 0.355 e. The number of nitrogens with one attached hydrogen (secondary N) is 1. The molecule has 0 atom stereocenters. The molecule has 4 rings (SSSR count). The first-order valence-electron chi connectivity index (χ1n) is 10.3. The van der Waals surface area contributed by atoms with E-state index in [0.717, 1.165) is 10.4 Å². The average Bonchev–Trinajstić information content (AvgIpc) is 3.43. The molecule has 0 bridgehead atoms. The van der Waals surface area contributed by atoms with Gasteiger partial charge >= 0.3 is 0 Å². The van der Waals surface area contributed by atoms with Crippen LogP contribution in [0.15, 0.2) is 45.3 Å². The van der Waals surface area contributed by atoms with E-state index in [0.29, 0.717) is 24.4 Å². The summed E-state index contributed by atoms with van der Waals surface area (Å²) in [5.74, 6) is 0.338. The van der Waals surface area contributed by atoms with Crippen molar-refractivity contribution in [2.45, 2.75) is 31.6 Å². The van der Waals surface area contributed by atoms with Crippen molar-refractivity contribution < 1.29 is 17.7 Å². The van der Waals surface area contributed by atoms with E-state index in [9.17, 15) is 13.2 Å². The van der Waals surface area contributed by atoms with Crippen LogP contribution in [-0.4, -0.2) is 41.9 Å². The lowest BCUT2D eigenvalue weighted by Crippen LogP contribution is -2.41. The molecule has 168 valence electrons. The van der Waals surface area contributed by atoms with Gasteiger partial charge in [-0.15, -0.1) is 11.3 Å². The molecule has 0 unspecified atom stereocenters. The quantitative estimate of drug-likeness (QED) is 0.582. The number of hydrogen-bond acceptors (Lipinski definition) is 7. The molecule has 1 aliphatic heterocycles. The van der Waals surface area contributed by atoms with Crippen molar-refractivity contribution in [1.29, 1.82) is 0 Å². The lowest BCUT2D eigenvalue weighted by atomic mass is 9.97. The molecule has 32 heavy (non-hydrogen) atoms. The predicted octanol–water partition coefficient (Wildman–Crippen LogP) is 3.96. The predicted molar refractivity (Wildman–Crippen MR) is 124 cm³/mol. The number of piperidine rings is 1. The topological polar surface area (TPSA) is 105 Å². The fraction of sp³-hybridized carbons (Fsp3) is 0.318. The first-order valence-corrected chi connectivity index (χ1v) is 12.6. The number of sulfonamides is 1. The van der Waals surface area contributed by atoms with Crippen LogP contribution >= 0.6 is 11.3 Å². The number of carbonyl (C=O) groups is 1. The van der Waals surface area contributed by atoms with Gasteiger partial charge in [0.25, 0.3) is 0 Å². The summed E-state index contributed by atoms with van der Waals surface area (Å²) >= 11 is 1.54. The lowest BCUT2D eigenvalue weighted by Gasteiger charge is -2.30. The fourth-order valence-corrected chi connectivity index (χ4v) is 6.00. The van der Waals surface area contributed by atoms with Crippen molar-refractivity contribution in [2.75, 3.05) is 18.4 Å². The van der Waals surface area contributed by atoms with Gasteiger partial charge in [0.1, 0.15) is 11.5 Å². The third-order valence-corrected chi connectivity index (χ3v) is 8.34. The van der Waals surface area contributed by atoms with Crippen LogP contribution in [0.3, 0.4) is 0 Å². The van der Waals surface area contributed by atoms with Gasteiger partial charge in [-0.1, -0.05) is 17.3 Å². The van der Waals surface area contributed by atoms with Crippen LogP contribution in [0.2, 0.25) is 0 Å². The molecular formula is C22H24N4O4S2. The summed E-state index contributed by atoms with van der Waals surface area (Å²) in [7, 11) is -3.80. The van der Waals surface area contributed by atoms with Crippen molar-refractivity contribution in [3.8, 4) is 0 Å². The Morgan fingerprint density at radius 2 is 2.00 bits per heavy atom. The number of pyridine rings is 1. The van der Waals surface area contributed by atoms with Crippen molar-refractivity contribution >= 4 is 45.2 Å². The minimum Gasteiger partial charge on any atom is -0.355 e. The van der Waals surface area contributed by atoms with Crippen LogP contribution in [0.4, 0.5) is 5.82 Å². The summed E-state index contributed by atoms with van der Waals surface area (Å²) < 4.78 is 33.4. The van der Waals surface area contributed by atoms with Crippen molar-refractivity contribution in [1.82, 2.24) is 14.4 Å². The van der Waals surface area contributed by atoms with Crippen LogP contribution in [0.5, 0.6) is 0 Å². The van der Waals surface area contributed by atoms with E-state index in [1.165, 1.54) is 4.31 Å². The number of carbonyl (C=O) groups excluding carboxylic acids is 1. The number of aryl methyl sites for hydroxylation is 2. The smallest absolute Gasteiger partial charge is 0.248 e. The molecule has 1 amide bonds. The van der Waals surface area contributed by atoms with Gasteiger partial charge in [0, 0.05) is 30.1 Å². The van der Waals surface area contributed by atoms with Crippen LogP contribution in [-0.2, 0) is 14.8 Å². The van der Waals surface area contributed by atoms with Crippen LogP contribution in [0.25, 0.3) is 12.2 Å². The van der Waals surface area contributed by atoms with E-state index < -0.39 is 10.0 Å². The third kappa shape index (κ3) is 4.67. The van der Waals surface area contributed by atoms with E-state index in [1.54, 1.807) is 36.6 Å². The van der Waals surface area contributed by atoms with Gasteiger partial charge in [0.15, 0.2) is 10.7 Å². The average molecular weight is 473 g/mol. The zero-order valence-electron chi connectivity index (χ0n) is 17.8. The molecule has 0 spiro atoms. The van der Waals surface area contributed by atoms with Gasteiger partial charge < -0.3 is 9.84 Å². The van der Waals surface area contributed by atoms with Gasteiger partial charge in [0.2, 0.25) is 15.9 Å². The Bertz CT molecular complexity index is 1220. The van der Waals surface area contributed by atoms with E-state index in [1.807, 2.05) is 36.6 Å². The molecule has 3 aromatic heterocycles. The number of hydrogen-bond donors (Lipinski definition) is 1. The third-order valence-electron chi connectivity index (χ3n) is 5.45. The second-order valence-corrected chi connectivity index (χ2v) is 10.5. The van der Waals surface area contributed by atoms with Gasteiger partial charge in [-0.05, 0) is 61.9 Å². The summed E-state index contributed by atoms with van der Waals surface area (Å²) in [6, 6.07) is 7.54. The molecule has 0 aromatic carbocycles. The van der Waals surface area contributed by atoms with Crippen LogP contribution in [0, 0.1) is 19.8 Å².